The summed E-state index contributed by atoms with van der Waals surface area (Å²) >= 11 is 0. The molecule has 0 radical (unpaired) electrons. The van der Waals surface area contributed by atoms with Crippen molar-refractivity contribution in [3.05, 3.63) is 23.9 Å². The molecule has 2 atom stereocenters. The Morgan fingerprint density at radius 3 is 2.93 bits per heavy atom. The van der Waals surface area contributed by atoms with Gasteiger partial charge in [-0.25, -0.2) is 13.4 Å². The van der Waals surface area contributed by atoms with Crippen LogP contribution in [-0.2, 0) is 21.3 Å². The predicted octanol–water partition coefficient (Wildman–Crippen LogP) is -1.05. The number of pyridine rings is 1. The molecule has 30 heavy (non-hydrogen) atoms. The van der Waals surface area contributed by atoms with E-state index in [1.54, 1.807) is 12.1 Å². The van der Waals surface area contributed by atoms with Gasteiger partial charge in [0, 0.05) is 32.7 Å². The molecule has 162 valence electrons. The number of hydrogen-bond acceptors (Lipinski definition) is 10. The van der Waals surface area contributed by atoms with Crippen molar-refractivity contribution in [1.29, 1.82) is 5.26 Å². The van der Waals surface area contributed by atoms with E-state index in [1.165, 1.54) is 7.05 Å². The van der Waals surface area contributed by atoms with Crippen LogP contribution in [-0.4, -0.2) is 92.8 Å². The van der Waals surface area contributed by atoms with E-state index in [0.717, 1.165) is 18.8 Å². The fraction of sp³-hybridized carbons (Fsp3) is 0.556. The summed E-state index contributed by atoms with van der Waals surface area (Å²) in [6.45, 7) is 3.62. The molecule has 0 spiro atoms. The molecular weight excluding hydrogens is 412 g/mol. The van der Waals surface area contributed by atoms with Gasteiger partial charge in [0.05, 0.1) is 31.5 Å². The Kier molecular flexibility index (Phi) is 7.33. The van der Waals surface area contributed by atoms with Crippen LogP contribution in [0.4, 0.5) is 0 Å². The molecule has 2 N–H and O–H groups in total. The number of nitrogens with one attached hydrogen (secondary N) is 1. The van der Waals surface area contributed by atoms with Gasteiger partial charge in [0.1, 0.15) is 18.4 Å². The van der Waals surface area contributed by atoms with Gasteiger partial charge in [-0.05, 0) is 6.07 Å². The lowest BCUT2D eigenvalue weighted by atomic mass is 10.2. The largest absolute Gasteiger partial charge is 0.475 e. The smallest absolute Gasteiger partial charge is 0.256 e. The molecule has 12 heteroatoms. The molecule has 2 saturated heterocycles. The third kappa shape index (κ3) is 5.51. The Balaban J connectivity index is 1.53. The number of rotatable bonds is 7. The van der Waals surface area contributed by atoms with E-state index in [2.05, 4.69) is 24.6 Å². The van der Waals surface area contributed by atoms with Crippen molar-refractivity contribution in [3.8, 4) is 11.9 Å². The SMILES string of the molecule is CN=C1C(=NCC(O)COc2cccc(CN3CCOCC3)n2)NS(=O)(=O)C1C#N. The second-order valence-electron chi connectivity index (χ2n) is 6.77. The number of hydrogen-bond donors (Lipinski definition) is 2. The van der Waals surface area contributed by atoms with Gasteiger partial charge in [0.25, 0.3) is 10.0 Å². The first kappa shape index (κ1) is 22.1. The molecule has 1 aromatic rings. The topological polar surface area (TPSA) is 150 Å². The summed E-state index contributed by atoms with van der Waals surface area (Å²) in [6.07, 6.45) is -0.994. The van der Waals surface area contributed by atoms with Crippen LogP contribution >= 0.6 is 0 Å². The van der Waals surface area contributed by atoms with Crippen LogP contribution in [0.25, 0.3) is 0 Å². The number of aromatic nitrogens is 1. The van der Waals surface area contributed by atoms with E-state index in [4.69, 9.17) is 14.7 Å². The fourth-order valence-electron chi connectivity index (χ4n) is 3.03. The maximum absolute atomic E-state index is 11.9. The van der Waals surface area contributed by atoms with E-state index < -0.39 is 21.4 Å². The minimum Gasteiger partial charge on any atom is -0.475 e. The summed E-state index contributed by atoms with van der Waals surface area (Å²) in [4.78, 5) is 14.6. The molecule has 0 aromatic carbocycles. The van der Waals surface area contributed by atoms with E-state index >= 15 is 0 Å². The number of aliphatic hydroxyl groups is 1. The maximum atomic E-state index is 11.9. The fourth-order valence-corrected chi connectivity index (χ4v) is 4.24. The zero-order valence-electron chi connectivity index (χ0n) is 16.6. The molecule has 0 amide bonds. The first-order valence-corrected chi connectivity index (χ1v) is 11.0. The average molecular weight is 436 g/mol. The number of sulfonamides is 1. The van der Waals surface area contributed by atoms with Crippen molar-refractivity contribution >= 4 is 21.6 Å². The van der Waals surface area contributed by atoms with E-state index in [9.17, 15) is 13.5 Å². The number of aliphatic imine (C=N–C) groups is 2. The number of nitriles is 1. The predicted molar refractivity (Wildman–Crippen MR) is 109 cm³/mol. The third-order valence-corrected chi connectivity index (χ3v) is 5.98. The Labute approximate surface area is 175 Å². The Hall–Kier alpha value is -2.59. The Morgan fingerprint density at radius 2 is 2.23 bits per heavy atom. The van der Waals surface area contributed by atoms with E-state index in [0.29, 0.717) is 25.6 Å². The standard InChI is InChI=1S/C18H24N6O5S/c1-20-17-15(9-19)30(26,27)23-18(17)21-10-14(25)12-29-16-4-2-3-13(22-16)11-24-5-7-28-8-6-24/h2-4,14-15,25H,5-8,10-12H2,1H3,(H,21,23). The average Bonchev–Trinajstić information content (AvgIpc) is 3.00. The highest BCUT2D eigenvalue weighted by Gasteiger charge is 2.41. The van der Waals surface area contributed by atoms with Crippen LogP contribution in [0.3, 0.4) is 0 Å². The highest BCUT2D eigenvalue weighted by atomic mass is 32.2. The summed E-state index contributed by atoms with van der Waals surface area (Å²) in [6, 6.07) is 7.13. The summed E-state index contributed by atoms with van der Waals surface area (Å²) in [5, 5.41) is 17.8. The number of amidine groups is 1. The summed E-state index contributed by atoms with van der Waals surface area (Å²) < 4.78 is 36.9. The lowest BCUT2D eigenvalue weighted by molar-refractivity contribution is 0.0335. The van der Waals surface area contributed by atoms with E-state index in [1.807, 2.05) is 12.1 Å². The van der Waals surface area contributed by atoms with Gasteiger partial charge in [0.2, 0.25) is 11.1 Å². The number of morpholine rings is 1. The Bertz CT molecular complexity index is 952. The molecule has 2 fully saturated rings. The number of nitrogens with zero attached hydrogens (tertiary/aromatic N) is 5. The van der Waals surface area contributed by atoms with Crippen molar-refractivity contribution in [2.24, 2.45) is 9.98 Å². The van der Waals surface area contributed by atoms with Crippen LogP contribution in [0.5, 0.6) is 5.88 Å². The molecule has 1 aromatic heterocycles. The maximum Gasteiger partial charge on any atom is 0.256 e. The molecule has 2 aliphatic heterocycles. The van der Waals surface area contributed by atoms with Gasteiger partial charge in [-0.15, -0.1) is 0 Å². The second kappa shape index (κ2) is 9.94. The summed E-state index contributed by atoms with van der Waals surface area (Å²) in [5.41, 5.74) is 0.888. The van der Waals surface area contributed by atoms with Crippen molar-refractivity contribution in [3.63, 3.8) is 0 Å². The molecule has 0 aliphatic carbocycles. The van der Waals surface area contributed by atoms with Crippen molar-refractivity contribution in [1.82, 2.24) is 14.6 Å². The molecule has 0 bridgehead atoms. The molecule has 2 aliphatic rings. The van der Waals surface area contributed by atoms with Gasteiger partial charge < -0.3 is 14.6 Å². The first-order valence-electron chi connectivity index (χ1n) is 9.42. The van der Waals surface area contributed by atoms with E-state index in [-0.39, 0.29) is 24.7 Å². The lowest BCUT2D eigenvalue weighted by Gasteiger charge is -2.26. The summed E-state index contributed by atoms with van der Waals surface area (Å²) in [7, 11) is -2.49. The highest BCUT2D eigenvalue weighted by molar-refractivity contribution is 7.93. The number of aliphatic hydroxyl groups excluding tert-OH is 1. The minimum atomic E-state index is -3.88. The monoisotopic (exact) mass is 436 g/mol. The van der Waals surface area contributed by atoms with Crippen LogP contribution in [0.2, 0.25) is 0 Å². The van der Waals surface area contributed by atoms with Crippen LogP contribution in [0, 0.1) is 11.3 Å². The second-order valence-corrected chi connectivity index (χ2v) is 8.54. The zero-order valence-corrected chi connectivity index (χ0v) is 17.4. The van der Waals surface area contributed by atoms with Gasteiger partial charge in [0.15, 0.2) is 5.84 Å². The van der Waals surface area contributed by atoms with Crippen LogP contribution in [0.15, 0.2) is 28.2 Å². The number of ether oxygens (including phenoxy) is 2. The molecule has 3 heterocycles. The minimum absolute atomic E-state index is 0.0306. The van der Waals surface area contributed by atoms with Crippen LogP contribution in [0.1, 0.15) is 5.69 Å². The van der Waals surface area contributed by atoms with Crippen molar-refractivity contribution in [2.75, 3.05) is 46.5 Å². The Morgan fingerprint density at radius 1 is 1.47 bits per heavy atom. The first-order chi connectivity index (χ1) is 14.4. The molecule has 3 rings (SSSR count). The van der Waals surface area contributed by atoms with Gasteiger partial charge in [-0.1, -0.05) is 6.07 Å². The molecule has 11 nitrogen and oxygen atoms in total. The van der Waals surface area contributed by atoms with Crippen molar-refractivity contribution < 1.29 is 23.0 Å². The molecule has 0 saturated carbocycles. The zero-order chi connectivity index (χ0) is 21.6. The van der Waals surface area contributed by atoms with Gasteiger partial charge >= 0.3 is 0 Å². The summed E-state index contributed by atoms with van der Waals surface area (Å²) in [5.74, 6) is 0.350. The van der Waals surface area contributed by atoms with Crippen LogP contribution < -0.4 is 9.46 Å². The quantitative estimate of drug-likeness (QED) is 0.550. The van der Waals surface area contributed by atoms with Gasteiger partial charge in [-0.2, -0.15) is 5.26 Å². The normalized spacial score (nSPS) is 25.0. The highest BCUT2D eigenvalue weighted by Crippen LogP contribution is 2.13. The third-order valence-electron chi connectivity index (χ3n) is 4.55. The van der Waals surface area contributed by atoms with Gasteiger partial charge in [-0.3, -0.25) is 19.6 Å². The molecular formula is C18H24N6O5S. The van der Waals surface area contributed by atoms with Crippen molar-refractivity contribution in [2.45, 2.75) is 17.9 Å². The molecule has 2 unspecified atom stereocenters. The lowest BCUT2D eigenvalue weighted by Crippen LogP contribution is -2.35.